The van der Waals surface area contributed by atoms with Gasteiger partial charge in [-0.2, -0.15) is 0 Å². The molecule has 0 radical (unpaired) electrons. The molecule has 0 unspecified atom stereocenters. The van der Waals surface area contributed by atoms with Crippen molar-refractivity contribution in [3.8, 4) is 0 Å². The number of hydrogen-bond donors (Lipinski definition) is 3. The van der Waals surface area contributed by atoms with Crippen molar-refractivity contribution in [2.75, 3.05) is 26.2 Å². The molecule has 0 aliphatic heterocycles. The summed E-state index contributed by atoms with van der Waals surface area (Å²) < 4.78 is 0. The van der Waals surface area contributed by atoms with Crippen LogP contribution in [-0.4, -0.2) is 47.9 Å². The van der Waals surface area contributed by atoms with E-state index in [1.807, 2.05) is 30.2 Å². The van der Waals surface area contributed by atoms with Crippen LogP contribution >= 0.6 is 0 Å². The molecule has 1 heterocycles. The Hall–Kier alpha value is -3.12. The molecule has 3 N–H and O–H groups in total. The third kappa shape index (κ3) is 6.93. The van der Waals surface area contributed by atoms with Crippen molar-refractivity contribution in [2.24, 2.45) is 0 Å². The quantitative estimate of drug-likeness (QED) is 0.353. The fourth-order valence-electron chi connectivity index (χ4n) is 4.03. The van der Waals surface area contributed by atoms with Crippen molar-refractivity contribution >= 4 is 22.7 Å². The maximum absolute atomic E-state index is 12.9. The Bertz CT molecular complexity index is 1070. The Kier molecular flexibility index (Phi) is 9.07. The van der Waals surface area contributed by atoms with Crippen LogP contribution in [0.4, 0.5) is 0 Å². The van der Waals surface area contributed by atoms with Gasteiger partial charge in [0.2, 0.25) is 0 Å². The van der Waals surface area contributed by atoms with Gasteiger partial charge in [-0.15, -0.1) is 0 Å². The summed E-state index contributed by atoms with van der Waals surface area (Å²) in [5, 5.41) is 7.62. The van der Waals surface area contributed by atoms with Gasteiger partial charge in [-0.1, -0.05) is 26.0 Å². The number of aryl methyl sites for hydroxylation is 1. The molecule has 33 heavy (non-hydrogen) atoms. The van der Waals surface area contributed by atoms with Crippen LogP contribution in [0, 0.1) is 6.92 Å². The summed E-state index contributed by atoms with van der Waals surface area (Å²) in [6.07, 6.45) is 4.61. The van der Waals surface area contributed by atoms with Crippen LogP contribution in [0.15, 0.2) is 48.7 Å². The van der Waals surface area contributed by atoms with E-state index in [1.54, 1.807) is 6.07 Å². The molecule has 6 nitrogen and oxygen atoms in total. The molecule has 3 aromatic rings. The lowest BCUT2D eigenvalue weighted by atomic mass is 10.0. The minimum atomic E-state index is -0.137. The average molecular weight is 449 g/mol. The van der Waals surface area contributed by atoms with Gasteiger partial charge in [-0.25, -0.2) is 0 Å². The molecule has 3 rings (SSSR count). The standard InChI is InChI=1S/C27H36N4O2/c1-4-13-31(14-5-2)27(33)24-16-20(3)15-23(18-24)26(32)30-11-6-10-28-19-21-7-8-22-9-12-29-25(22)17-21/h7-9,12,15-18,28-29H,4-6,10-11,13-14,19H2,1-3H3,(H,30,32). The third-order valence-corrected chi connectivity index (χ3v) is 5.63. The summed E-state index contributed by atoms with van der Waals surface area (Å²) in [4.78, 5) is 30.7. The van der Waals surface area contributed by atoms with Crippen LogP contribution in [-0.2, 0) is 6.54 Å². The van der Waals surface area contributed by atoms with E-state index in [-0.39, 0.29) is 11.8 Å². The van der Waals surface area contributed by atoms with E-state index in [0.717, 1.165) is 56.5 Å². The summed E-state index contributed by atoms with van der Waals surface area (Å²) >= 11 is 0. The van der Waals surface area contributed by atoms with E-state index in [2.05, 4.69) is 53.7 Å². The summed E-state index contributed by atoms with van der Waals surface area (Å²) in [7, 11) is 0. The number of rotatable bonds is 12. The van der Waals surface area contributed by atoms with Gasteiger partial charge < -0.3 is 20.5 Å². The van der Waals surface area contributed by atoms with Gasteiger partial charge in [0.15, 0.2) is 0 Å². The minimum Gasteiger partial charge on any atom is -0.361 e. The van der Waals surface area contributed by atoms with E-state index < -0.39 is 0 Å². The molecule has 0 spiro atoms. The van der Waals surface area contributed by atoms with Gasteiger partial charge in [0.05, 0.1) is 0 Å². The Morgan fingerprint density at radius 3 is 2.45 bits per heavy atom. The molecule has 2 aromatic carbocycles. The summed E-state index contributed by atoms with van der Waals surface area (Å²) in [5.74, 6) is -0.138. The lowest BCUT2D eigenvalue weighted by Crippen LogP contribution is -2.33. The van der Waals surface area contributed by atoms with Gasteiger partial charge in [0.25, 0.3) is 11.8 Å². The number of nitrogens with one attached hydrogen (secondary N) is 3. The summed E-state index contributed by atoms with van der Waals surface area (Å²) in [6.45, 7) is 9.70. The van der Waals surface area contributed by atoms with Crippen molar-refractivity contribution < 1.29 is 9.59 Å². The predicted octanol–water partition coefficient (Wildman–Crippen LogP) is 4.65. The largest absolute Gasteiger partial charge is 0.361 e. The first kappa shape index (κ1) is 24.5. The molecule has 0 bridgehead atoms. The van der Waals surface area contributed by atoms with Gasteiger partial charge in [-0.3, -0.25) is 9.59 Å². The molecule has 2 amide bonds. The Morgan fingerprint density at radius 2 is 1.70 bits per heavy atom. The van der Waals surface area contributed by atoms with Gasteiger partial charge >= 0.3 is 0 Å². The highest BCUT2D eigenvalue weighted by Gasteiger charge is 2.17. The molecule has 0 saturated carbocycles. The number of aromatic amines is 1. The smallest absolute Gasteiger partial charge is 0.253 e. The van der Waals surface area contributed by atoms with Gasteiger partial charge in [-0.05, 0) is 79.6 Å². The van der Waals surface area contributed by atoms with Crippen LogP contribution in [0.2, 0.25) is 0 Å². The maximum Gasteiger partial charge on any atom is 0.253 e. The summed E-state index contributed by atoms with van der Waals surface area (Å²) in [6, 6.07) is 13.9. The van der Waals surface area contributed by atoms with E-state index in [1.165, 1.54) is 10.9 Å². The van der Waals surface area contributed by atoms with Crippen molar-refractivity contribution in [3.05, 3.63) is 70.9 Å². The third-order valence-electron chi connectivity index (χ3n) is 5.63. The number of amides is 2. The molecule has 0 atom stereocenters. The molecule has 0 aliphatic rings. The zero-order chi connectivity index (χ0) is 23.6. The molecule has 176 valence electrons. The Balaban J connectivity index is 1.46. The first-order valence-electron chi connectivity index (χ1n) is 12.0. The van der Waals surface area contributed by atoms with Gasteiger partial charge in [0.1, 0.15) is 0 Å². The average Bonchev–Trinajstić information content (AvgIpc) is 3.28. The number of hydrogen-bond acceptors (Lipinski definition) is 3. The highest BCUT2D eigenvalue weighted by Crippen LogP contribution is 2.15. The van der Waals surface area contributed by atoms with Crippen molar-refractivity contribution in [1.29, 1.82) is 0 Å². The number of H-pyrrole nitrogens is 1. The van der Waals surface area contributed by atoms with Gasteiger partial charge in [0, 0.05) is 49.0 Å². The van der Waals surface area contributed by atoms with Crippen LogP contribution in [0.3, 0.4) is 0 Å². The zero-order valence-corrected chi connectivity index (χ0v) is 20.0. The highest BCUT2D eigenvalue weighted by molar-refractivity contribution is 6.00. The SMILES string of the molecule is CCCN(CCC)C(=O)c1cc(C)cc(C(=O)NCCCNCc2ccc3cc[nH]c3c2)c1. The lowest BCUT2D eigenvalue weighted by Gasteiger charge is -2.22. The van der Waals surface area contributed by atoms with Crippen LogP contribution < -0.4 is 10.6 Å². The number of fused-ring (bicyclic) bond motifs is 1. The van der Waals surface area contributed by atoms with E-state index in [9.17, 15) is 9.59 Å². The fraction of sp³-hybridized carbons (Fsp3) is 0.407. The fourth-order valence-corrected chi connectivity index (χ4v) is 4.03. The number of carbonyl (C=O) groups excluding carboxylic acids is 2. The normalized spacial score (nSPS) is 11.0. The number of aromatic nitrogens is 1. The highest BCUT2D eigenvalue weighted by atomic mass is 16.2. The molecule has 0 fully saturated rings. The molecule has 6 heteroatoms. The maximum atomic E-state index is 12.9. The minimum absolute atomic E-state index is 0.00168. The van der Waals surface area contributed by atoms with Crippen LogP contribution in [0.25, 0.3) is 10.9 Å². The van der Waals surface area contributed by atoms with E-state index >= 15 is 0 Å². The molecule has 1 aromatic heterocycles. The van der Waals surface area contributed by atoms with Crippen LogP contribution in [0.5, 0.6) is 0 Å². The van der Waals surface area contributed by atoms with Crippen molar-refractivity contribution in [3.63, 3.8) is 0 Å². The predicted molar refractivity (Wildman–Crippen MR) is 135 cm³/mol. The molecule has 0 saturated heterocycles. The Labute approximate surface area is 196 Å². The van der Waals surface area contributed by atoms with E-state index in [4.69, 9.17) is 0 Å². The second kappa shape index (κ2) is 12.2. The number of carbonyl (C=O) groups is 2. The first-order chi connectivity index (χ1) is 16.0. The topological polar surface area (TPSA) is 77.2 Å². The van der Waals surface area contributed by atoms with E-state index in [0.29, 0.717) is 17.7 Å². The number of benzene rings is 2. The molecular weight excluding hydrogens is 412 g/mol. The second-order valence-electron chi connectivity index (χ2n) is 8.57. The number of nitrogens with zero attached hydrogens (tertiary/aromatic N) is 1. The second-order valence-corrected chi connectivity index (χ2v) is 8.57. The monoisotopic (exact) mass is 448 g/mol. The summed E-state index contributed by atoms with van der Waals surface area (Å²) in [5.41, 5.74) is 4.41. The molecule has 0 aliphatic carbocycles. The zero-order valence-electron chi connectivity index (χ0n) is 20.0. The Morgan fingerprint density at radius 1 is 0.939 bits per heavy atom. The first-order valence-corrected chi connectivity index (χ1v) is 12.0. The van der Waals surface area contributed by atoms with Crippen molar-refractivity contribution in [1.82, 2.24) is 20.5 Å². The lowest BCUT2D eigenvalue weighted by molar-refractivity contribution is 0.0755. The van der Waals surface area contributed by atoms with Crippen molar-refractivity contribution in [2.45, 2.75) is 46.6 Å². The molecular formula is C27H36N4O2. The van der Waals surface area contributed by atoms with Crippen LogP contribution in [0.1, 0.15) is 65.0 Å².